The van der Waals surface area contributed by atoms with Gasteiger partial charge in [0.1, 0.15) is 6.61 Å². The van der Waals surface area contributed by atoms with E-state index >= 15 is 0 Å². The molecule has 2 atom stereocenters. The van der Waals surface area contributed by atoms with Crippen molar-refractivity contribution >= 4 is 35.2 Å². The van der Waals surface area contributed by atoms with Gasteiger partial charge in [0.25, 0.3) is 0 Å². The van der Waals surface area contributed by atoms with Gasteiger partial charge < -0.3 is 4.74 Å². The Hall–Kier alpha value is -2.86. The quantitative estimate of drug-likeness (QED) is 0.796. The van der Waals surface area contributed by atoms with Crippen LogP contribution in [0.3, 0.4) is 0 Å². The molecule has 3 amide bonds. The zero-order chi connectivity index (χ0) is 19.8. The molecule has 0 saturated carbocycles. The zero-order valence-electron chi connectivity index (χ0n) is 15.3. The number of benzene rings is 2. The Morgan fingerprint density at radius 3 is 2.50 bits per heavy atom. The first-order chi connectivity index (χ1) is 13.5. The largest absolute Gasteiger partial charge is 0.447 e. The Kier molecular flexibility index (Phi) is 4.81. The first kappa shape index (κ1) is 18.5. The van der Waals surface area contributed by atoms with Gasteiger partial charge in [0.05, 0.1) is 17.0 Å². The first-order valence-corrected chi connectivity index (χ1v) is 9.52. The number of piperidine rings is 1. The number of cyclic esters (lactones) is 1. The number of ether oxygens (including phenoxy) is 1. The lowest BCUT2D eigenvalue weighted by Gasteiger charge is -2.23. The molecule has 2 aliphatic rings. The van der Waals surface area contributed by atoms with E-state index < -0.39 is 5.92 Å². The number of nitrogens with zero attached hydrogens (tertiary/aromatic N) is 1. The van der Waals surface area contributed by atoms with Crippen LogP contribution in [0.4, 0.5) is 10.5 Å². The van der Waals surface area contributed by atoms with Crippen LogP contribution < -0.4 is 10.2 Å². The molecule has 0 aliphatic carbocycles. The molecule has 2 aromatic carbocycles. The van der Waals surface area contributed by atoms with Crippen molar-refractivity contribution in [1.29, 1.82) is 0 Å². The minimum Gasteiger partial charge on any atom is -0.447 e. The third kappa shape index (κ3) is 3.24. The standard InChI is InChI=1S/C21H19ClN2O4/c1-12-11-28-21(27)24(12)14-7-5-13(6-8-14)15-3-2-4-16(19(15)22)17-9-10-18(25)23-20(17)26/h2-8,12,17H,9-11H2,1H3,(H,23,25,26)/t12-,17?/m1/s1. The van der Waals surface area contributed by atoms with Gasteiger partial charge in [-0.3, -0.25) is 19.8 Å². The Morgan fingerprint density at radius 2 is 1.86 bits per heavy atom. The molecule has 4 rings (SSSR count). The SMILES string of the molecule is C[C@@H]1COC(=O)N1c1ccc(-c2cccc(C3CCC(=O)NC3=O)c2Cl)cc1. The Balaban J connectivity index is 1.64. The highest BCUT2D eigenvalue weighted by molar-refractivity contribution is 6.34. The number of anilines is 1. The third-order valence-corrected chi connectivity index (χ3v) is 5.61. The summed E-state index contributed by atoms with van der Waals surface area (Å²) < 4.78 is 5.07. The van der Waals surface area contributed by atoms with E-state index in [0.29, 0.717) is 30.0 Å². The van der Waals surface area contributed by atoms with Crippen LogP contribution >= 0.6 is 11.6 Å². The summed E-state index contributed by atoms with van der Waals surface area (Å²) >= 11 is 6.64. The molecule has 0 aromatic heterocycles. The molecule has 6 nitrogen and oxygen atoms in total. The van der Waals surface area contributed by atoms with Crippen molar-refractivity contribution in [3.8, 4) is 11.1 Å². The second-order valence-electron chi connectivity index (χ2n) is 7.06. The fraction of sp³-hybridized carbons (Fsp3) is 0.286. The van der Waals surface area contributed by atoms with Gasteiger partial charge in [0, 0.05) is 17.7 Å². The fourth-order valence-electron chi connectivity index (χ4n) is 3.71. The predicted molar refractivity (Wildman–Crippen MR) is 105 cm³/mol. The number of nitrogens with one attached hydrogen (secondary N) is 1. The highest BCUT2D eigenvalue weighted by atomic mass is 35.5. The van der Waals surface area contributed by atoms with Crippen LogP contribution in [-0.4, -0.2) is 30.6 Å². The summed E-state index contributed by atoms with van der Waals surface area (Å²) in [7, 11) is 0. The lowest BCUT2D eigenvalue weighted by molar-refractivity contribution is -0.134. The fourth-order valence-corrected chi connectivity index (χ4v) is 4.08. The Bertz CT molecular complexity index is 957. The molecule has 2 fully saturated rings. The van der Waals surface area contributed by atoms with Gasteiger partial charge in [-0.05, 0) is 36.6 Å². The van der Waals surface area contributed by atoms with E-state index in [0.717, 1.165) is 16.8 Å². The zero-order valence-corrected chi connectivity index (χ0v) is 16.0. The van der Waals surface area contributed by atoms with Gasteiger partial charge in [0.2, 0.25) is 11.8 Å². The van der Waals surface area contributed by atoms with Crippen molar-refractivity contribution in [3.63, 3.8) is 0 Å². The van der Waals surface area contributed by atoms with E-state index in [4.69, 9.17) is 16.3 Å². The van der Waals surface area contributed by atoms with Crippen molar-refractivity contribution in [2.75, 3.05) is 11.5 Å². The maximum absolute atomic E-state index is 12.2. The van der Waals surface area contributed by atoms with E-state index in [1.54, 1.807) is 4.90 Å². The predicted octanol–water partition coefficient (Wildman–Crippen LogP) is 3.87. The van der Waals surface area contributed by atoms with Crippen LogP contribution in [-0.2, 0) is 14.3 Å². The van der Waals surface area contributed by atoms with E-state index in [2.05, 4.69) is 5.32 Å². The Labute approximate surface area is 167 Å². The van der Waals surface area contributed by atoms with Gasteiger partial charge in [-0.15, -0.1) is 0 Å². The maximum Gasteiger partial charge on any atom is 0.414 e. The van der Waals surface area contributed by atoms with Gasteiger partial charge in [-0.2, -0.15) is 0 Å². The number of amides is 3. The van der Waals surface area contributed by atoms with E-state index in [9.17, 15) is 14.4 Å². The van der Waals surface area contributed by atoms with Crippen LogP contribution in [0.2, 0.25) is 5.02 Å². The lowest BCUT2D eigenvalue weighted by atomic mass is 9.88. The molecular formula is C21H19ClN2O4. The topological polar surface area (TPSA) is 75.7 Å². The normalized spacial score (nSPS) is 22.2. The van der Waals surface area contributed by atoms with Crippen LogP contribution in [0, 0.1) is 0 Å². The highest BCUT2D eigenvalue weighted by Crippen LogP contribution is 2.37. The number of halogens is 1. The van der Waals surface area contributed by atoms with Crippen molar-refractivity contribution < 1.29 is 19.1 Å². The summed E-state index contributed by atoms with van der Waals surface area (Å²) in [6.45, 7) is 2.31. The lowest BCUT2D eigenvalue weighted by Crippen LogP contribution is -2.39. The van der Waals surface area contributed by atoms with Crippen molar-refractivity contribution in [2.45, 2.75) is 31.7 Å². The molecule has 144 valence electrons. The maximum atomic E-state index is 12.2. The first-order valence-electron chi connectivity index (χ1n) is 9.14. The summed E-state index contributed by atoms with van der Waals surface area (Å²) in [6, 6.07) is 13.0. The number of carbonyl (C=O) groups is 3. The van der Waals surface area contributed by atoms with Crippen LogP contribution in [0.5, 0.6) is 0 Å². The minimum absolute atomic E-state index is 0.0159. The monoisotopic (exact) mass is 398 g/mol. The molecular weight excluding hydrogens is 380 g/mol. The summed E-state index contributed by atoms with van der Waals surface area (Å²) in [5, 5.41) is 2.87. The molecule has 0 radical (unpaired) electrons. The third-order valence-electron chi connectivity index (χ3n) is 5.19. The molecule has 1 N–H and O–H groups in total. The molecule has 2 saturated heterocycles. The molecule has 0 bridgehead atoms. The van der Waals surface area contributed by atoms with Gasteiger partial charge in [-0.25, -0.2) is 4.79 Å². The van der Waals surface area contributed by atoms with Crippen molar-refractivity contribution in [1.82, 2.24) is 5.32 Å². The average Bonchev–Trinajstić information content (AvgIpc) is 3.01. The van der Waals surface area contributed by atoms with E-state index in [1.807, 2.05) is 49.4 Å². The second-order valence-corrected chi connectivity index (χ2v) is 7.43. The summed E-state index contributed by atoms with van der Waals surface area (Å²) in [4.78, 5) is 37.1. The summed E-state index contributed by atoms with van der Waals surface area (Å²) in [6.07, 6.45) is 0.399. The molecule has 2 heterocycles. The number of imide groups is 1. The molecule has 2 aliphatic heterocycles. The van der Waals surface area contributed by atoms with Crippen molar-refractivity contribution in [3.05, 3.63) is 53.1 Å². The highest BCUT2D eigenvalue weighted by Gasteiger charge is 2.31. The Morgan fingerprint density at radius 1 is 1.11 bits per heavy atom. The van der Waals surface area contributed by atoms with Gasteiger partial charge >= 0.3 is 6.09 Å². The summed E-state index contributed by atoms with van der Waals surface area (Å²) in [5.41, 5.74) is 3.15. The second kappa shape index (κ2) is 7.28. The van der Waals surface area contributed by atoms with Gasteiger partial charge in [-0.1, -0.05) is 41.9 Å². The van der Waals surface area contributed by atoms with E-state index in [-0.39, 0.29) is 23.9 Å². The number of hydrogen-bond acceptors (Lipinski definition) is 4. The van der Waals surface area contributed by atoms with Crippen LogP contribution in [0.15, 0.2) is 42.5 Å². The van der Waals surface area contributed by atoms with Crippen LogP contribution in [0.25, 0.3) is 11.1 Å². The van der Waals surface area contributed by atoms with E-state index in [1.165, 1.54) is 0 Å². The number of rotatable bonds is 3. The summed E-state index contributed by atoms with van der Waals surface area (Å²) in [5.74, 6) is -1.00. The molecule has 0 spiro atoms. The molecule has 1 unspecified atom stereocenters. The number of hydrogen-bond donors (Lipinski definition) is 1. The smallest absolute Gasteiger partial charge is 0.414 e. The van der Waals surface area contributed by atoms with Crippen molar-refractivity contribution in [2.24, 2.45) is 0 Å². The molecule has 28 heavy (non-hydrogen) atoms. The molecule has 7 heteroatoms. The van der Waals surface area contributed by atoms with Gasteiger partial charge in [0.15, 0.2) is 0 Å². The molecule has 2 aromatic rings. The van der Waals surface area contributed by atoms with Crippen LogP contribution in [0.1, 0.15) is 31.2 Å². The average molecular weight is 399 g/mol. The minimum atomic E-state index is -0.440. The number of carbonyl (C=O) groups excluding carboxylic acids is 3.